The Kier molecular flexibility index (Phi) is 5.19. The maximum atomic E-state index is 11.3. The number of piperazine rings is 1. The number of halogens is 1. The van der Waals surface area contributed by atoms with Gasteiger partial charge in [0.2, 0.25) is 5.89 Å². The van der Waals surface area contributed by atoms with Crippen molar-refractivity contribution in [2.75, 3.05) is 25.9 Å². The smallest absolute Gasteiger partial charge is 0.240 e. The van der Waals surface area contributed by atoms with Crippen molar-refractivity contribution >= 4 is 21.4 Å². The topological polar surface area (TPSA) is 88.3 Å². The van der Waals surface area contributed by atoms with Gasteiger partial charge in [0, 0.05) is 37.0 Å². The fourth-order valence-electron chi connectivity index (χ4n) is 2.80. The molecule has 7 nitrogen and oxygen atoms in total. The molecule has 130 valence electrons. The Balaban J connectivity index is 1.75. The van der Waals surface area contributed by atoms with Crippen molar-refractivity contribution in [1.29, 1.82) is 0 Å². The molecule has 9 heteroatoms. The molecule has 24 heavy (non-hydrogen) atoms. The molecule has 2 aromatic rings. The molecule has 1 unspecified atom stereocenters. The number of nitrogens with zero attached hydrogens (tertiary/aromatic N) is 3. The first-order valence-electron chi connectivity index (χ1n) is 7.60. The van der Waals surface area contributed by atoms with Crippen molar-refractivity contribution in [3.8, 4) is 0 Å². The lowest BCUT2D eigenvalue weighted by Crippen LogP contribution is -2.45. The highest BCUT2D eigenvalue weighted by Crippen LogP contribution is 2.26. The standard InChI is InChI=1S/C15H19ClN4O3S/c1-24(21,22)10-14-18-15(23-19-14)9-20-6-5-17-8-13(20)11-3-2-4-12(16)7-11/h2-4,7,13,17H,5-6,8-10H2,1H3. The van der Waals surface area contributed by atoms with E-state index in [4.69, 9.17) is 16.1 Å². The van der Waals surface area contributed by atoms with Crippen LogP contribution in [0.15, 0.2) is 28.8 Å². The highest BCUT2D eigenvalue weighted by atomic mass is 35.5. The molecule has 1 aromatic carbocycles. The van der Waals surface area contributed by atoms with Crippen LogP contribution in [0.2, 0.25) is 5.02 Å². The summed E-state index contributed by atoms with van der Waals surface area (Å²) in [4.78, 5) is 6.41. The molecule has 1 aliphatic rings. The van der Waals surface area contributed by atoms with Crippen molar-refractivity contribution in [2.45, 2.75) is 18.3 Å². The number of nitrogens with one attached hydrogen (secondary N) is 1. The van der Waals surface area contributed by atoms with Crippen molar-refractivity contribution in [2.24, 2.45) is 0 Å². The highest BCUT2D eigenvalue weighted by molar-refractivity contribution is 7.89. The predicted octanol–water partition coefficient (Wildman–Crippen LogP) is 1.41. The molecule has 0 aliphatic carbocycles. The van der Waals surface area contributed by atoms with Crippen molar-refractivity contribution in [1.82, 2.24) is 20.4 Å². The quantitative estimate of drug-likeness (QED) is 0.851. The van der Waals surface area contributed by atoms with E-state index in [1.165, 1.54) is 0 Å². The molecule has 1 saturated heterocycles. The van der Waals surface area contributed by atoms with E-state index in [1.807, 2.05) is 24.3 Å². The molecule has 0 saturated carbocycles. The third-order valence-corrected chi connectivity index (χ3v) is 4.85. The van der Waals surface area contributed by atoms with Crippen LogP contribution < -0.4 is 5.32 Å². The van der Waals surface area contributed by atoms with Crippen LogP contribution in [-0.2, 0) is 22.1 Å². The van der Waals surface area contributed by atoms with Gasteiger partial charge in [-0.15, -0.1) is 0 Å². The summed E-state index contributed by atoms with van der Waals surface area (Å²) in [6, 6.07) is 7.92. The normalized spacial score (nSPS) is 19.5. The van der Waals surface area contributed by atoms with Crippen LogP contribution in [0.1, 0.15) is 23.3 Å². The van der Waals surface area contributed by atoms with E-state index >= 15 is 0 Å². The lowest BCUT2D eigenvalue weighted by Gasteiger charge is -2.35. The fourth-order valence-corrected chi connectivity index (χ4v) is 3.58. The number of sulfone groups is 1. The molecule has 1 aliphatic heterocycles. The lowest BCUT2D eigenvalue weighted by atomic mass is 10.0. The Labute approximate surface area is 145 Å². The van der Waals surface area contributed by atoms with Crippen molar-refractivity contribution in [3.63, 3.8) is 0 Å². The zero-order chi connectivity index (χ0) is 17.2. The van der Waals surface area contributed by atoms with Gasteiger partial charge >= 0.3 is 0 Å². The third-order valence-electron chi connectivity index (χ3n) is 3.83. The summed E-state index contributed by atoms with van der Waals surface area (Å²) in [5, 5.41) is 7.82. The summed E-state index contributed by atoms with van der Waals surface area (Å²) in [6.07, 6.45) is 1.15. The first kappa shape index (κ1) is 17.3. The maximum absolute atomic E-state index is 11.3. The van der Waals surface area contributed by atoms with E-state index in [9.17, 15) is 8.42 Å². The van der Waals surface area contributed by atoms with Gasteiger partial charge in [-0.05, 0) is 17.7 Å². The van der Waals surface area contributed by atoms with Gasteiger partial charge in [0.25, 0.3) is 0 Å². The minimum Gasteiger partial charge on any atom is -0.338 e. The van der Waals surface area contributed by atoms with Gasteiger partial charge in [-0.25, -0.2) is 8.42 Å². The minimum atomic E-state index is -3.18. The van der Waals surface area contributed by atoms with E-state index in [-0.39, 0.29) is 17.6 Å². The Hall–Kier alpha value is -1.48. The number of rotatable bonds is 5. The number of hydrogen-bond donors (Lipinski definition) is 1. The molecule has 0 bridgehead atoms. The summed E-state index contributed by atoms with van der Waals surface area (Å²) < 4.78 is 27.8. The predicted molar refractivity (Wildman–Crippen MR) is 90.3 cm³/mol. The molecule has 1 fully saturated rings. The molecule has 1 atom stereocenters. The third kappa shape index (κ3) is 4.54. The van der Waals surface area contributed by atoms with Gasteiger partial charge in [0.05, 0.1) is 6.54 Å². The molecule has 0 radical (unpaired) electrons. The highest BCUT2D eigenvalue weighted by Gasteiger charge is 2.26. The van der Waals surface area contributed by atoms with E-state index in [0.717, 1.165) is 31.5 Å². The summed E-state index contributed by atoms with van der Waals surface area (Å²) >= 11 is 6.10. The second-order valence-corrected chi connectivity index (χ2v) is 8.50. The summed E-state index contributed by atoms with van der Waals surface area (Å²) in [5.74, 6) is 0.403. The minimum absolute atomic E-state index is 0.141. The molecule has 0 amide bonds. The van der Waals surface area contributed by atoms with Crippen LogP contribution in [0, 0.1) is 0 Å². The van der Waals surface area contributed by atoms with Crippen LogP contribution >= 0.6 is 11.6 Å². The monoisotopic (exact) mass is 370 g/mol. The molecule has 1 aromatic heterocycles. The molecule has 3 rings (SSSR count). The van der Waals surface area contributed by atoms with Crippen molar-refractivity contribution < 1.29 is 12.9 Å². The maximum Gasteiger partial charge on any atom is 0.240 e. The SMILES string of the molecule is CS(=O)(=O)Cc1noc(CN2CCNCC2c2cccc(Cl)c2)n1. The molecule has 2 heterocycles. The number of aromatic nitrogens is 2. The zero-order valence-electron chi connectivity index (χ0n) is 13.3. The average Bonchev–Trinajstić information content (AvgIpc) is 2.93. The second kappa shape index (κ2) is 7.18. The Morgan fingerprint density at radius 3 is 3.04 bits per heavy atom. The molecular formula is C15H19ClN4O3S. The van der Waals surface area contributed by atoms with Gasteiger partial charge in [-0.2, -0.15) is 4.98 Å². The Morgan fingerprint density at radius 1 is 1.46 bits per heavy atom. The zero-order valence-corrected chi connectivity index (χ0v) is 14.8. The van der Waals surface area contributed by atoms with Crippen LogP contribution in [-0.4, -0.2) is 49.3 Å². The van der Waals surface area contributed by atoms with E-state index in [2.05, 4.69) is 20.4 Å². The van der Waals surface area contributed by atoms with Crippen LogP contribution in [0.25, 0.3) is 0 Å². The number of benzene rings is 1. The second-order valence-electron chi connectivity index (χ2n) is 5.92. The lowest BCUT2D eigenvalue weighted by molar-refractivity contribution is 0.135. The van der Waals surface area contributed by atoms with Crippen LogP contribution in [0.5, 0.6) is 0 Å². The van der Waals surface area contributed by atoms with E-state index < -0.39 is 9.84 Å². The summed E-state index contributed by atoms with van der Waals surface area (Å²) in [5.41, 5.74) is 1.12. The average molecular weight is 371 g/mol. The van der Waals surface area contributed by atoms with Crippen LogP contribution in [0.4, 0.5) is 0 Å². The largest absolute Gasteiger partial charge is 0.338 e. The first-order chi connectivity index (χ1) is 11.4. The van der Waals surface area contributed by atoms with Gasteiger partial charge in [0.1, 0.15) is 5.75 Å². The Bertz CT molecular complexity index is 809. The van der Waals surface area contributed by atoms with Gasteiger partial charge < -0.3 is 9.84 Å². The first-order valence-corrected chi connectivity index (χ1v) is 10.0. The van der Waals surface area contributed by atoms with Gasteiger partial charge in [-0.3, -0.25) is 4.90 Å². The van der Waals surface area contributed by atoms with E-state index in [0.29, 0.717) is 17.5 Å². The summed E-state index contributed by atoms with van der Waals surface area (Å²) in [7, 11) is -3.18. The Morgan fingerprint density at radius 2 is 2.29 bits per heavy atom. The number of hydrogen-bond acceptors (Lipinski definition) is 7. The molecule has 1 N–H and O–H groups in total. The van der Waals surface area contributed by atoms with Gasteiger partial charge in [0.15, 0.2) is 15.7 Å². The van der Waals surface area contributed by atoms with E-state index in [1.54, 1.807) is 0 Å². The summed E-state index contributed by atoms with van der Waals surface area (Å²) in [6.45, 7) is 2.95. The fraction of sp³-hybridized carbons (Fsp3) is 0.467. The molecular weight excluding hydrogens is 352 g/mol. The molecule has 0 spiro atoms. The van der Waals surface area contributed by atoms with Crippen LogP contribution in [0.3, 0.4) is 0 Å². The van der Waals surface area contributed by atoms with Gasteiger partial charge in [-0.1, -0.05) is 28.9 Å². The van der Waals surface area contributed by atoms with Crippen molar-refractivity contribution in [3.05, 3.63) is 46.6 Å².